The summed E-state index contributed by atoms with van der Waals surface area (Å²) in [4.78, 5) is 16.2. The average molecular weight is 360 g/mol. The molecule has 0 aliphatic heterocycles. The minimum absolute atomic E-state index is 0.198. The smallest absolute Gasteiger partial charge is 0.280 e. The molecule has 0 aliphatic carbocycles. The molecule has 2 aromatic rings. The molecule has 0 bridgehead atoms. The minimum atomic E-state index is -0.198. The van der Waals surface area contributed by atoms with Crippen molar-refractivity contribution in [1.82, 2.24) is 19.9 Å². The number of nitrogens with two attached hydrogens (primary N) is 1. The van der Waals surface area contributed by atoms with E-state index >= 15 is 0 Å². The second kappa shape index (κ2) is 9.88. The van der Waals surface area contributed by atoms with Crippen molar-refractivity contribution >= 4 is 11.6 Å². The maximum Gasteiger partial charge on any atom is 0.280 e. The van der Waals surface area contributed by atoms with Crippen LogP contribution in [0.25, 0.3) is 0 Å². The van der Waals surface area contributed by atoms with E-state index in [0.717, 1.165) is 30.8 Å². The molecule has 0 spiro atoms. The number of carbonyl (C=O) groups excluding carboxylic acids is 1. The number of benzene rings is 1. The Morgan fingerprint density at radius 3 is 2.58 bits per heavy atom. The Bertz CT molecular complexity index is 683. The van der Waals surface area contributed by atoms with Crippen molar-refractivity contribution in [1.29, 1.82) is 0 Å². The van der Waals surface area contributed by atoms with Gasteiger partial charge in [-0.2, -0.15) is 0 Å². The SMILES string of the molecule is CN(C)CCOc1ccc(N(C)C(=O)c2cn(CCCCN)nn2)cc1. The van der Waals surface area contributed by atoms with Gasteiger partial charge >= 0.3 is 0 Å². The number of carbonyl (C=O) groups is 1. The zero-order valence-corrected chi connectivity index (χ0v) is 15.8. The first kappa shape index (κ1) is 19.9. The van der Waals surface area contributed by atoms with Gasteiger partial charge in [-0.15, -0.1) is 5.10 Å². The highest BCUT2D eigenvalue weighted by atomic mass is 16.5. The van der Waals surface area contributed by atoms with Crippen LogP contribution in [0, 0.1) is 0 Å². The van der Waals surface area contributed by atoms with Crippen LogP contribution in [0.15, 0.2) is 30.5 Å². The van der Waals surface area contributed by atoms with Gasteiger partial charge in [-0.05, 0) is 57.7 Å². The normalized spacial score (nSPS) is 11.0. The van der Waals surface area contributed by atoms with Gasteiger partial charge in [0.2, 0.25) is 0 Å². The first-order valence-electron chi connectivity index (χ1n) is 8.77. The highest BCUT2D eigenvalue weighted by Crippen LogP contribution is 2.19. The van der Waals surface area contributed by atoms with Crippen LogP contribution in [-0.2, 0) is 6.54 Å². The standard InChI is InChI=1S/C18H28N6O2/c1-22(2)12-13-26-16-8-6-15(7-9-16)23(3)18(25)17-14-24(21-20-17)11-5-4-10-19/h6-9,14H,4-5,10-13,19H2,1-3H3. The van der Waals surface area contributed by atoms with E-state index in [0.29, 0.717) is 25.4 Å². The lowest BCUT2D eigenvalue weighted by Gasteiger charge is -2.16. The lowest BCUT2D eigenvalue weighted by Crippen LogP contribution is -2.26. The van der Waals surface area contributed by atoms with Crippen LogP contribution >= 0.6 is 0 Å². The number of rotatable bonds is 10. The average Bonchev–Trinajstić information content (AvgIpc) is 3.10. The lowest BCUT2D eigenvalue weighted by molar-refractivity contribution is 0.0988. The molecule has 0 saturated carbocycles. The zero-order valence-electron chi connectivity index (χ0n) is 15.8. The van der Waals surface area contributed by atoms with Gasteiger partial charge in [0.1, 0.15) is 12.4 Å². The Labute approximate surface area is 154 Å². The third-order valence-electron chi connectivity index (χ3n) is 3.93. The predicted octanol–water partition coefficient (Wildman–Crippen LogP) is 1.23. The van der Waals surface area contributed by atoms with Gasteiger partial charge in [0.25, 0.3) is 5.91 Å². The largest absolute Gasteiger partial charge is 0.492 e. The molecule has 2 rings (SSSR count). The molecule has 8 nitrogen and oxygen atoms in total. The van der Waals surface area contributed by atoms with E-state index in [1.54, 1.807) is 22.8 Å². The minimum Gasteiger partial charge on any atom is -0.492 e. The van der Waals surface area contributed by atoms with Crippen LogP contribution in [0.3, 0.4) is 0 Å². The van der Waals surface area contributed by atoms with Gasteiger partial charge in [-0.3, -0.25) is 9.48 Å². The fraction of sp³-hybridized carbons (Fsp3) is 0.500. The van der Waals surface area contributed by atoms with Crippen molar-refractivity contribution in [3.8, 4) is 5.75 Å². The van der Waals surface area contributed by atoms with Crippen molar-refractivity contribution < 1.29 is 9.53 Å². The number of aromatic nitrogens is 3. The highest BCUT2D eigenvalue weighted by molar-refractivity contribution is 6.04. The molecule has 0 unspecified atom stereocenters. The fourth-order valence-electron chi connectivity index (χ4n) is 2.32. The Kier molecular flexibility index (Phi) is 7.55. The summed E-state index contributed by atoms with van der Waals surface area (Å²) in [5.74, 6) is 0.582. The number of hydrogen-bond acceptors (Lipinski definition) is 6. The molecule has 0 fully saturated rings. The number of amides is 1. The van der Waals surface area contributed by atoms with Crippen molar-refractivity contribution in [3.05, 3.63) is 36.2 Å². The molecule has 0 aliphatic rings. The van der Waals surface area contributed by atoms with Gasteiger partial charge in [0.05, 0.1) is 6.20 Å². The highest BCUT2D eigenvalue weighted by Gasteiger charge is 2.17. The van der Waals surface area contributed by atoms with E-state index in [2.05, 4.69) is 15.2 Å². The van der Waals surface area contributed by atoms with Gasteiger partial charge in [-0.25, -0.2) is 0 Å². The molecule has 0 radical (unpaired) electrons. The maximum absolute atomic E-state index is 12.6. The van der Waals surface area contributed by atoms with E-state index < -0.39 is 0 Å². The van der Waals surface area contributed by atoms with Gasteiger partial charge in [0, 0.05) is 25.8 Å². The van der Waals surface area contributed by atoms with E-state index in [9.17, 15) is 4.79 Å². The van der Waals surface area contributed by atoms with Crippen molar-refractivity contribution in [2.45, 2.75) is 19.4 Å². The Morgan fingerprint density at radius 1 is 1.19 bits per heavy atom. The third kappa shape index (κ3) is 5.82. The topological polar surface area (TPSA) is 89.5 Å². The van der Waals surface area contributed by atoms with Crippen LogP contribution in [0.5, 0.6) is 5.75 Å². The summed E-state index contributed by atoms with van der Waals surface area (Å²) in [5.41, 5.74) is 6.58. The van der Waals surface area contributed by atoms with E-state index in [-0.39, 0.29) is 5.91 Å². The number of unbranched alkanes of at least 4 members (excludes halogenated alkanes) is 1. The Hall–Kier alpha value is -2.45. The maximum atomic E-state index is 12.6. The van der Waals surface area contributed by atoms with Crippen molar-refractivity contribution in [2.75, 3.05) is 45.7 Å². The van der Waals surface area contributed by atoms with Gasteiger partial charge in [0.15, 0.2) is 5.69 Å². The second-order valence-electron chi connectivity index (χ2n) is 6.37. The number of ether oxygens (including phenoxy) is 1. The quantitative estimate of drug-likeness (QED) is 0.641. The van der Waals surface area contributed by atoms with Crippen molar-refractivity contribution in [2.24, 2.45) is 5.73 Å². The molecule has 0 saturated heterocycles. The number of aryl methyl sites for hydroxylation is 1. The summed E-state index contributed by atoms with van der Waals surface area (Å²) in [6, 6.07) is 7.43. The molecule has 1 heterocycles. The summed E-state index contributed by atoms with van der Waals surface area (Å²) in [6.45, 7) is 2.83. The molecule has 1 aromatic heterocycles. The number of nitrogens with zero attached hydrogens (tertiary/aromatic N) is 5. The van der Waals surface area contributed by atoms with Crippen LogP contribution in [0.2, 0.25) is 0 Å². The molecule has 142 valence electrons. The molecular formula is C18H28N6O2. The first-order chi connectivity index (χ1) is 12.5. The van der Waals surface area contributed by atoms with Crippen LogP contribution in [0.1, 0.15) is 23.3 Å². The molecular weight excluding hydrogens is 332 g/mol. The molecule has 8 heteroatoms. The molecule has 0 atom stereocenters. The number of hydrogen-bond donors (Lipinski definition) is 1. The Morgan fingerprint density at radius 2 is 1.92 bits per heavy atom. The summed E-state index contributed by atoms with van der Waals surface area (Å²) in [5, 5.41) is 7.98. The molecule has 2 N–H and O–H groups in total. The fourth-order valence-corrected chi connectivity index (χ4v) is 2.32. The summed E-state index contributed by atoms with van der Waals surface area (Å²) in [7, 11) is 5.72. The van der Waals surface area contributed by atoms with E-state index in [1.165, 1.54) is 0 Å². The number of likely N-dealkylation sites (N-methyl/N-ethyl adjacent to an activating group) is 1. The van der Waals surface area contributed by atoms with Gasteiger partial charge in [-0.1, -0.05) is 5.21 Å². The lowest BCUT2D eigenvalue weighted by atomic mass is 10.2. The van der Waals surface area contributed by atoms with Crippen LogP contribution in [0.4, 0.5) is 5.69 Å². The van der Waals surface area contributed by atoms with E-state index in [4.69, 9.17) is 10.5 Å². The summed E-state index contributed by atoms with van der Waals surface area (Å²) < 4.78 is 7.35. The molecule has 1 aromatic carbocycles. The third-order valence-corrected chi connectivity index (χ3v) is 3.93. The van der Waals surface area contributed by atoms with Crippen LogP contribution < -0.4 is 15.4 Å². The first-order valence-corrected chi connectivity index (χ1v) is 8.77. The second-order valence-corrected chi connectivity index (χ2v) is 6.37. The molecule has 1 amide bonds. The summed E-state index contributed by atoms with van der Waals surface area (Å²) in [6.07, 6.45) is 3.51. The van der Waals surface area contributed by atoms with Crippen LogP contribution in [-0.4, -0.2) is 66.6 Å². The summed E-state index contributed by atoms with van der Waals surface area (Å²) >= 11 is 0. The number of anilines is 1. The van der Waals surface area contributed by atoms with E-state index in [1.807, 2.05) is 38.4 Å². The Balaban J connectivity index is 1.93. The monoisotopic (exact) mass is 360 g/mol. The van der Waals surface area contributed by atoms with Gasteiger partial charge < -0.3 is 20.3 Å². The zero-order chi connectivity index (χ0) is 18.9. The van der Waals surface area contributed by atoms with Crippen molar-refractivity contribution in [3.63, 3.8) is 0 Å². The molecule has 26 heavy (non-hydrogen) atoms. The predicted molar refractivity (Wildman–Crippen MR) is 102 cm³/mol.